The van der Waals surface area contributed by atoms with E-state index < -0.39 is 0 Å². The summed E-state index contributed by atoms with van der Waals surface area (Å²) < 4.78 is 0. The predicted octanol–water partition coefficient (Wildman–Crippen LogP) is 2.27. The molecule has 0 radical (unpaired) electrons. The van der Waals surface area contributed by atoms with E-state index >= 15 is 0 Å². The number of anilines is 1. The fourth-order valence-corrected chi connectivity index (χ4v) is 2.21. The van der Waals surface area contributed by atoms with E-state index in [4.69, 9.17) is 5.11 Å². The average molecular weight is 234 g/mol. The van der Waals surface area contributed by atoms with Gasteiger partial charge in [0.25, 0.3) is 0 Å². The van der Waals surface area contributed by atoms with Crippen molar-refractivity contribution in [2.75, 3.05) is 11.9 Å². The first kappa shape index (κ1) is 11.1. The smallest absolute Gasteiger partial charge is 0.128 e. The Bertz CT molecular complexity index is 425. The van der Waals surface area contributed by atoms with E-state index in [0.717, 1.165) is 17.9 Å². The Hall–Kier alpha value is -1.39. The molecule has 0 atom stereocenters. The normalized spacial score (nSPS) is 10.4. The number of pyridine rings is 1. The number of aromatic nitrogens is 1. The van der Waals surface area contributed by atoms with Crippen LogP contribution >= 0.6 is 11.3 Å². The molecule has 0 spiro atoms. The molecule has 0 unspecified atom stereocenters. The number of rotatable bonds is 4. The molecule has 2 aromatic heterocycles. The number of thiophene rings is 1. The second-order valence-corrected chi connectivity index (χ2v) is 4.65. The van der Waals surface area contributed by atoms with Crippen molar-refractivity contribution in [3.05, 3.63) is 46.3 Å². The lowest BCUT2D eigenvalue weighted by Gasteiger charge is -2.17. The quantitative estimate of drug-likeness (QED) is 0.881. The van der Waals surface area contributed by atoms with Gasteiger partial charge in [-0.15, -0.1) is 11.3 Å². The van der Waals surface area contributed by atoms with Gasteiger partial charge in [-0.1, -0.05) is 12.1 Å². The summed E-state index contributed by atoms with van der Waals surface area (Å²) in [7, 11) is 2.01. The predicted molar refractivity (Wildman–Crippen MR) is 66.6 cm³/mol. The van der Waals surface area contributed by atoms with Gasteiger partial charge in [0, 0.05) is 18.1 Å². The maximum atomic E-state index is 8.92. The van der Waals surface area contributed by atoms with Gasteiger partial charge in [-0.05, 0) is 23.1 Å². The molecule has 0 aliphatic rings. The largest absolute Gasteiger partial charge is 0.392 e. The molecule has 2 aromatic rings. The minimum Gasteiger partial charge on any atom is -0.392 e. The van der Waals surface area contributed by atoms with Gasteiger partial charge < -0.3 is 10.0 Å². The number of nitrogens with zero attached hydrogens (tertiary/aromatic N) is 2. The standard InChI is InChI=1S/C12H14N2OS/c1-14(8-11-3-2-6-16-11)12-5-4-10(9-15)7-13-12/h2-7,15H,8-9H2,1H3. The van der Waals surface area contributed by atoms with Crippen molar-refractivity contribution in [1.82, 2.24) is 4.98 Å². The molecule has 0 fully saturated rings. The lowest BCUT2D eigenvalue weighted by Crippen LogP contribution is -2.16. The van der Waals surface area contributed by atoms with Crippen LogP contribution in [-0.4, -0.2) is 17.1 Å². The van der Waals surface area contributed by atoms with E-state index in [1.807, 2.05) is 19.2 Å². The number of hydrogen-bond donors (Lipinski definition) is 1. The summed E-state index contributed by atoms with van der Waals surface area (Å²) in [5.41, 5.74) is 0.841. The van der Waals surface area contributed by atoms with Gasteiger partial charge in [0.2, 0.25) is 0 Å². The van der Waals surface area contributed by atoms with Crippen molar-refractivity contribution < 1.29 is 5.11 Å². The molecule has 0 aliphatic heterocycles. The van der Waals surface area contributed by atoms with Gasteiger partial charge in [-0.2, -0.15) is 0 Å². The van der Waals surface area contributed by atoms with Crippen LogP contribution in [0.25, 0.3) is 0 Å². The van der Waals surface area contributed by atoms with E-state index in [1.165, 1.54) is 4.88 Å². The van der Waals surface area contributed by atoms with Crippen molar-refractivity contribution in [1.29, 1.82) is 0 Å². The molecular weight excluding hydrogens is 220 g/mol. The first-order valence-electron chi connectivity index (χ1n) is 5.09. The van der Waals surface area contributed by atoms with Crippen LogP contribution in [0.3, 0.4) is 0 Å². The van der Waals surface area contributed by atoms with Gasteiger partial charge in [0.1, 0.15) is 5.82 Å². The van der Waals surface area contributed by atoms with Gasteiger partial charge in [-0.25, -0.2) is 4.98 Å². The average Bonchev–Trinajstić information content (AvgIpc) is 2.82. The fourth-order valence-electron chi connectivity index (χ4n) is 1.45. The molecule has 16 heavy (non-hydrogen) atoms. The van der Waals surface area contributed by atoms with Gasteiger partial charge in [-0.3, -0.25) is 0 Å². The maximum Gasteiger partial charge on any atom is 0.128 e. The summed E-state index contributed by atoms with van der Waals surface area (Å²) in [6, 6.07) is 7.99. The second kappa shape index (κ2) is 5.09. The lowest BCUT2D eigenvalue weighted by atomic mass is 10.3. The van der Waals surface area contributed by atoms with E-state index in [-0.39, 0.29) is 6.61 Å². The molecule has 0 aliphatic carbocycles. The van der Waals surface area contributed by atoms with E-state index in [1.54, 1.807) is 17.5 Å². The zero-order chi connectivity index (χ0) is 11.4. The Labute approximate surface area is 99.0 Å². The van der Waals surface area contributed by atoms with Gasteiger partial charge in [0.05, 0.1) is 13.2 Å². The third-order valence-corrected chi connectivity index (χ3v) is 3.22. The number of aliphatic hydroxyl groups is 1. The Morgan fingerprint density at radius 1 is 1.38 bits per heavy atom. The van der Waals surface area contributed by atoms with Crippen LogP contribution in [0.4, 0.5) is 5.82 Å². The molecule has 0 saturated heterocycles. The first-order valence-corrected chi connectivity index (χ1v) is 5.97. The maximum absolute atomic E-state index is 8.92. The molecular formula is C12H14N2OS. The summed E-state index contributed by atoms with van der Waals surface area (Å²) in [6.45, 7) is 0.908. The Kier molecular flexibility index (Phi) is 3.54. The minimum atomic E-state index is 0.0436. The third kappa shape index (κ3) is 2.59. The molecule has 0 aromatic carbocycles. The van der Waals surface area contributed by atoms with E-state index in [2.05, 4.69) is 27.4 Å². The monoisotopic (exact) mass is 234 g/mol. The highest BCUT2D eigenvalue weighted by atomic mass is 32.1. The van der Waals surface area contributed by atoms with E-state index in [0.29, 0.717) is 0 Å². The van der Waals surface area contributed by atoms with Crippen LogP contribution in [0, 0.1) is 0 Å². The van der Waals surface area contributed by atoms with Crippen molar-refractivity contribution >= 4 is 17.2 Å². The highest BCUT2D eigenvalue weighted by molar-refractivity contribution is 7.09. The van der Waals surface area contributed by atoms with Crippen LogP contribution in [0.1, 0.15) is 10.4 Å². The molecule has 0 bridgehead atoms. The SMILES string of the molecule is CN(Cc1cccs1)c1ccc(CO)cn1. The molecule has 0 amide bonds. The van der Waals surface area contributed by atoms with Crippen molar-refractivity contribution in [3.63, 3.8) is 0 Å². The molecule has 4 heteroatoms. The number of aliphatic hydroxyl groups excluding tert-OH is 1. The molecule has 1 N–H and O–H groups in total. The Morgan fingerprint density at radius 2 is 2.25 bits per heavy atom. The lowest BCUT2D eigenvalue weighted by molar-refractivity contribution is 0.281. The topological polar surface area (TPSA) is 36.4 Å². The summed E-state index contributed by atoms with van der Waals surface area (Å²) in [4.78, 5) is 7.71. The minimum absolute atomic E-state index is 0.0436. The van der Waals surface area contributed by atoms with Gasteiger partial charge in [0.15, 0.2) is 0 Å². The van der Waals surface area contributed by atoms with Gasteiger partial charge >= 0.3 is 0 Å². The van der Waals surface area contributed by atoms with Crippen molar-refractivity contribution in [2.24, 2.45) is 0 Å². The van der Waals surface area contributed by atoms with Crippen molar-refractivity contribution in [2.45, 2.75) is 13.2 Å². The third-order valence-electron chi connectivity index (χ3n) is 2.36. The molecule has 2 rings (SSSR count). The van der Waals surface area contributed by atoms with E-state index in [9.17, 15) is 0 Å². The Balaban J connectivity index is 2.05. The molecule has 84 valence electrons. The van der Waals surface area contributed by atoms with Crippen LogP contribution in [0.5, 0.6) is 0 Å². The van der Waals surface area contributed by atoms with Crippen LogP contribution in [0.15, 0.2) is 35.8 Å². The van der Waals surface area contributed by atoms with Crippen molar-refractivity contribution in [3.8, 4) is 0 Å². The fraction of sp³-hybridized carbons (Fsp3) is 0.250. The summed E-state index contributed by atoms with van der Waals surface area (Å²) >= 11 is 1.74. The molecule has 2 heterocycles. The first-order chi connectivity index (χ1) is 7.79. The highest BCUT2D eigenvalue weighted by Crippen LogP contribution is 2.16. The number of hydrogen-bond acceptors (Lipinski definition) is 4. The van der Waals surface area contributed by atoms with Crippen LogP contribution < -0.4 is 4.90 Å². The zero-order valence-electron chi connectivity index (χ0n) is 9.13. The Morgan fingerprint density at radius 3 is 2.81 bits per heavy atom. The second-order valence-electron chi connectivity index (χ2n) is 3.62. The zero-order valence-corrected chi connectivity index (χ0v) is 9.94. The molecule has 3 nitrogen and oxygen atoms in total. The summed E-state index contributed by atoms with van der Waals surface area (Å²) in [5, 5.41) is 11.0. The summed E-state index contributed by atoms with van der Waals surface area (Å²) in [5.74, 6) is 0.922. The molecule has 0 saturated carbocycles. The highest BCUT2D eigenvalue weighted by Gasteiger charge is 2.03. The summed E-state index contributed by atoms with van der Waals surface area (Å²) in [6.07, 6.45) is 1.71. The van der Waals surface area contributed by atoms with Crippen LogP contribution in [0.2, 0.25) is 0 Å². The van der Waals surface area contributed by atoms with Crippen LogP contribution in [-0.2, 0) is 13.2 Å².